The molecule has 1 aromatic heterocycles. The molecule has 1 amide bonds. The number of carboxylic acid groups (broad SMARTS) is 1. The first-order valence-corrected chi connectivity index (χ1v) is 9.53. The van der Waals surface area contributed by atoms with Gasteiger partial charge in [-0.15, -0.1) is 11.3 Å². The molecule has 2 aromatic carbocycles. The van der Waals surface area contributed by atoms with E-state index in [2.05, 4.69) is 4.98 Å². The summed E-state index contributed by atoms with van der Waals surface area (Å²) in [7, 11) is 0. The van der Waals surface area contributed by atoms with Gasteiger partial charge in [-0.2, -0.15) is 0 Å². The van der Waals surface area contributed by atoms with Crippen LogP contribution in [0.5, 0.6) is 0 Å². The Bertz CT molecular complexity index is 1030. The highest BCUT2D eigenvalue weighted by Gasteiger charge is 2.27. The van der Waals surface area contributed by atoms with Gasteiger partial charge in [0.05, 0.1) is 21.3 Å². The molecule has 1 atom stereocenters. The molecule has 0 bridgehead atoms. The van der Waals surface area contributed by atoms with Crippen LogP contribution in [-0.4, -0.2) is 40.0 Å². The number of hydrogen-bond acceptors (Lipinski definition) is 4. The Labute approximate surface area is 159 Å². The Morgan fingerprint density at radius 3 is 2.93 bits per heavy atom. The Kier molecular flexibility index (Phi) is 4.61. The monoisotopic (exact) mass is 384 g/mol. The zero-order chi connectivity index (χ0) is 19.0. The molecule has 1 unspecified atom stereocenters. The predicted molar refractivity (Wildman–Crippen MR) is 101 cm³/mol. The molecule has 3 aromatic rings. The van der Waals surface area contributed by atoms with E-state index in [0.717, 1.165) is 22.2 Å². The molecule has 4 rings (SSSR count). The number of carboxylic acids is 1. The van der Waals surface area contributed by atoms with Crippen molar-refractivity contribution < 1.29 is 19.1 Å². The lowest BCUT2D eigenvalue weighted by Crippen LogP contribution is -2.28. The van der Waals surface area contributed by atoms with Gasteiger partial charge in [-0.1, -0.05) is 6.07 Å². The fraction of sp³-hybridized carbons (Fsp3) is 0.250. The SMILES string of the molecule is O=C(O)c1cc(CC2CCN(C(=O)c3ccc4scnc4c3)C2)ccc1F. The Morgan fingerprint density at radius 1 is 1.26 bits per heavy atom. The zero-order valence-corrected chi connectivity index (χ0v) is 15.2. The lowest BCUT2D eigenvalue weighted by atomic mass is 9.97. The number of nitrogens with zero attached hydrogens (tertiary/aromatic N) is 2. The van der Waals surface area contributed by atoms with Gasteiger partial charge in [-0.25, -0.2) is 14.2 Å². The van der Waals surface area contributed by atoms with Crippen LogP contribution < -0.4 is 0 Å². The first kappa shape index (κ1) is 17.6. The summed E-state index contributed by atoms with van der Waals surface area (Å²) in [5, 5.41) is 9.05. The molecule has 2 heterocycles. The van der Waals surface area contributed by atoms with E-state index in [4.69, 9.17) is 5.11 Å². The highest BCUT2D eigenvalue weighted by Crippen LogP contribution is 2.25. The molecule has 5 nitrogen and oxygen atoms in total. The molecule has 138 valence electrons. The molecular weight excluding hydrogens is 367 g/mol. The third kappa shape index (κ3) is 3.55. The van der Waals surface area contributed by atoms with Crippen LogP contribution in [0.3, 0.4) is 0 Å². The van der Waals surface area contributed by atoms with Crippen molar-refractivity contribution in [2.24, 2.45) is 5.92 Å². The van der Waals surface area contributed by atoms with Crippen LogP contribution in [0.2, 0.25) is 0 Å². The van der Waals surface area contributed by atoms with E-state index < -0.39 is 11.8 Å². The molecular formula is C20H17FN2O3S. The first-order chi connectivity index (χ1) is 13.0. The Morgan fingerprint density at radius 2 is 2.11 bits per heavy atom. The van der Waals surface area contributed by atoms with Gasteiger partial charge in [0.15, 0.2) is 0 Å². The number of carbonyl (C=O) groups excluding carboxylic acids is 1. The second-order valence-corrected chi connectivity index (χ2v) is 7.65. The van der Waals surface area contributed by atoms with Gasteiger partial charge >= 0.3 is 5.97 Å². The van der Waals surface area contributed by atoms with Crippen LogP contribution in [0.4, 0.5) is 4.39 Å². The largest absolute Gasteiger partial charge is 0.478 e. The van der Waals surface area contributed by atoms with Crippen molar-refractivity contribution in [1.29, 1.82) is 0 Å². The number of thiazole rings is 1. The number of halogens is 1. The number of rotatable bonds is 4. The molecule has 0 saturated carbocycles. The van der Waals surface area contributed by atoms with E-state index >= 15 is 0 Å². The van der Waals surface area contributed by atoms with E-state index in [-0.39, 0.29) is 17.4 Å². The van der Waals surface area contributed by atoms with E-state index in [0.29, 0.717) is 25.1 Å². The minimum absolute atomic E-state index is 0.0160. The summed E-state index contributed by atoms with van der Waals surface area (Å²) in [6.07, 6.45) is 1.46. The molecule has 1 aliphatic rings. The number of aromatic nitrogens is 1. The number of likely N-dealkylation sites (tertiary alicyclic amines) is 1. The normalized spacial score (nSPS) is 16.8. The molecule has 1 aliphatic heterocycles. The smallest absolute Gasteiger partial charge is 0.338 e. The van der Waals surface area contributed by atoms with Crippen molar-refractivity contribution in [3.63, 3.8) is 0 Å². The van der Waals surface area contributed by atoms with Crippen molar-refractivity contribution in [3.8, 4) is 0 Å². The van der Waals surface area contributed by atoms with Crippen molar-refractivity contribution >= 4 is 33.4 Å². The Balaban J connectivity index is 1.44. The fourth-order valence-corrected chi connectivity index (χ4v) is 4.21. The predicted octanol–water partition coefficient (Wildman–Crippen LogP) is 3.84. The van der Waals surface area contributed by atoms with Crippen LogP contribution in [0, 0.1) is 11.7 Å². The van der Waals surface area contributed by atoms with Crippen LogP contribution in [-0.2, 0) is 6.42 Å². The summed E-state index contributed by atoms with van der Waals surface area (Å²) < 4.78 is 14.6. The highest BCUT2D eigenvalue weighted by molar-refractivity contribution is 7.16. The van der Waals surface area contributed by atoms with Crippen molar-refractivity contribution in [1.82, 2.24) is 9.88 Å². The Hall–Kier alpha value is -2.80. The number of amides is 1. The number of aromatic carboxylic acids is 1. The maximum absolute atomic E-state index is 13.5. The summed E-state index contributed by atoms with van der Waals surface area (Å²) in [5.41, 5.74) is 3.68. The average molecular weight is 384 g/mol. The molecule has 1 N–H and O–H groups in total. The van der Waals surface area contributed by atoms with Gasteiger partial charge in [0.2, 0.25) is 0 Å². The first-order valence-electron chi connectivity index (χ1n) is 8.65. The second-order valence-electron chi connectivity index (χ2n) is 6.76. The number of fused-ring (bicyclic) bond motifs is 1. The van der Waals surface area contributed by atoms with Crippen LogP contribution in [0.25, 0.3) is 10.2 Å². The number of hydrogen-bond donors (Lipinski definition) is 1. The van der Waals surface area contributed by atoms with Gasteiger partial charge in [0.25, 0.3) is 5.91 Å². The van der Waals surface area contributed by atoms with Crippen LogP contribution in [0.1, 0.15) is 32.7 Å². The summed E-state index contributed by atoms with van der Waals surface area (Å²) in [4.78, 5) is 29.9. The van der Waals surface area contributed by atoms with Gasteiger partial charge in [0.1, 0.15) is 5.82 Å². The van der Waals surface area contributed by atoms with Gasteiger partial charge < -0.3 is 10.0 Å². The van der Waals surface area contributed by atoms with E-state index in [1.165, 1.54) is 12.1 Å². The average Bonchev–Trinajstić information content (AvgIpc) is 3.31. The van der Waals surface area contributed by atoms with Crippen molar-refractivity contribution in [3.05, 3.63) is 64.4 Å². The summed E-state index contributed by atoms with van der Waals surface area (Å²) in [5.74, 6) is -1.79. The quantitative estimate of drug-likeness (QED) is 0.742. The van der Waals surface area contributed by atoms with E-state index in [9.17, 15) is 14.0 Å². The maximum atomic E-state index is 13.5. The lowest BCUT2D eigenvalue weighted by Gasteiger charge is -2.17. The van der Waals surface area contributed by atoms with Gasteiger partial charge in [0, 0.05) is 18.7 Å². The van der Waals surface area contributed by atoms with Crippen LogP contribution in [0.15, 0.2) is 41.9 Å². The topological polar surface area (TPSA) is 70.5 Å². The number of benzene rings is 2. The molecule has 27 heavy (non-hydrogen) atoms. The summed E-state index contributed by atoms with van der Waals surface area (Å²) in [6.45, 7) is 1.26. The third-order valence-electron chi connectivity index (χ3n) is 4.94. The lowest BCUT2D eigenvalue weighted by molar-refractivity contribution is 0.0691. The molecule has 0 spiro atoms. The minimum Gasteiger partial charge on any atom is -0.478 e. The third-order valence-corrected chi connectivity index (χ3v) is 5.75. The standard InChI is InChI=1S/C20H17FN2O3S/c21-16-3-1-12(8-15(16)20(25)26)7-13-5-6-23(10-13)19(24)14-2-4-18-17(9-14)22-11-27-18/h1-4,8-9,11,13H,5-7,10H2,(H,25,26). The number of carbonyl (C=O) groups is 2. The molecule has 0 aliphatic carbocycles. The van der Waals surface area contributed by atoms with Gasteiger partial charge in [-0.3, -0.25) is 4.79 Å². The summed E-state index contributed by atoms with van der Waals surface area (Å²) >= 11 is 1.54. The minimum atomic E-state index is -1.27. The molecule has 1 fully saturated rings. The van der Waals surface area contributed by atoms with E-state index in [1.54, 1.807) is 22.9 Å². The highest BCUT2D eigenvalue weighted by atomic mass is 32.1. The fourth-order valence-electron chi connectivity index (χ4n) is 3.55. The molecule has 7 heteroatoms. The van der Waals surface area contributed by atoms with Crippen molar-refractivity contribution in [2.75, 3.05) is 13.1 Å². The summed E-state index contributed by atoms with van der Waals surface area (Å²) in [6, 6.07) is 9.76. The van der Waals surface area contributed by atoms with E-state index in [1.807, 2.05) is 23.1 Å². The maximum Gasteiger partial charge on any atom is 0.338 e. The van der Waals surface area contributed by atoms with Crippen LogP contribution >= 0.6 is 11.3 Å². The molecule has 1 saturated heterocycles. The van der Waals surface area contributed by atoms with Crippen molar-refractivity contribution in [2.45, 2.75) is 12.8 Å². The second kappa shape index (κ2) is 7.08. The molecule has 0 radical (unpaired) electrons. The van der Waals surface area contributed by atoms with Gasteiger partial charge in [-0.05, 0) is 54.7 Å². The zero-order valence-electron chi connectivity index (χ0n) is 14.4.